The summed E-state index contributed by atoms with van der Waals surface area (Å²) >= 11 is 0. The van der Waals surface area contributed by atoms with Crippen molar-refractivity contribution in [3.63, 3.8) is 0 Å². The number of anilines is 2. The molecular weight excluding hydrogens is 385 g/mol. The molecule has 0 atom stereocenters. The Labute approximate surface area is 165 Å². The van der Waals surface area contributed by atoms with Crippen LogP contribution >= 0.6 is 0 Å². The predicted octanol–water partition coefficient (Wildman–Crippen LogP) is 5.14. The van der Waals surface area contributed by atoms with Crippen molar-refractivity contribution >= 4 is 17.4 Å². The van der Waals surface area contributed by atoms with Gasteiger partial charge in [0, 0.05) is 5.69 Å². The lowest BCUT2D eigenvalue weighted by Crippen LogP contribution is -2.19. The van der Waals surface area contributed by atoms with Gasteiger partial charge in [0.05, 0.1) is 23.6 Å². The fourth-order valence-electron chi connectivity index (χ4n) is 2.53. The topological polar surface area (TPSA) is 68.2 Å². The summed E-state index contributed by atoms with van der Waals surface area (Å²) in [5.41, 5.74) is 0.768. The van der Waals surface area contributed by atoms with Gasteiger partial charge in [-0.3, -0.25) is 0 Å². The number of alkyl halides is 3. The number of ether oxygens (including phenoxy) is 1. The summed E-state index contributed by atoms with van der Waals surface area (Å²) in [6.45, 7) is 2.21. The molecule has 152 valence electrons. The van der Waals surface area contributed by atoms with E-state index in [0.29, 0.717) is 11.4 Å². The van der Waals surface area contributed by atoms with Gasteiger partial charge in [0.15, 0.2) is 6.73 Å². The van der Waals surface area contributed by atoms with E-state index >= 15 is 0 Å². The highest BCUT2D eigenvalue weighted by atomic mass is 19.4. The standard InChI is InChI=1S/C20H19F3N4O2/c1-2-14-6-8-18(9-7-14)29-13-27-12-17(11-24-27)26-19(28)25-16-5-3-4-15(10-16)20(21,22)23/h3-12H,2,13H2,1H3,(H2,25,26,28). The zero-order valence-electron chi connectivity index (χ0n) is 15.5. The summed E-state index contributed by atoms with van der Waals surface area (Å²) in [5, 5.41) is 8.95. The average Bonchev–Trinajstić information content (AvgIpc) is 3.13. The molecule has 3 aromatic rings. The molecule has 0 aliphatic heterocycles. The second kappa shape index (κ2) is 8.68. The number of aryl methyl sites for hydroxylation is 1. The van der Waals surface area contributed by atoms with E-state index in [2.05, 4.69) is 22.7 Å². The van der Waals surface area contributed by atoms with Crippen LogP contribution in [0.2, 0.25) is 0 Å². The summed E-state index contributed by atoms with van der Waals surface area (Å²) in [4.78, 5) is 12.0. The quantitative estimate of drug-likeness (QED) is 0.597. The van der Waals surface area contributed by atoms with Gasteiger partial charge in [-0.15, -0.1) is 0 Å². The number of hydrogen-bond donors (Lipinski definition) is 2. The van der Waals surface area contributed by atoms with Gasteiger partial charge < -0.3 is 15.4 Å². The van der Waals surface area contributed by atoms with Gasteiger partial charge in [-0.1, -0.05) is 25.1 Å². The van der Waals surface area contributed by atoms with Gasteiger partial charge in [-0.2, -0.15) is 18.3 Å². The molecule has 0 radical (unpaired) electrons. The molecule has 29 heavy (non-hydrogen) atoms. The Hall–Kier alpha value is -3.49. The SMILES string of the molecule is CCc1ccc(OCn2cc(NC(=O)Nc3cccc(C(F)(F)F)c3)cn2)cc1. The Morgan fingerprint density at radius 2 is 1.83 bits per heavy atom. The monoisotopic (exact) mass is 404 g/mol. The van der Waals surface area contributed by atoms with Crippen LogP contribution in [0.15, 0.2) is 60.9 Å². The van der Waals surface area contributed by atoms with E-state index in [1.807, 2.05) is 24.3 Å². The predicted molar refractivity (Wildman–Crippen MR) is 103 cm³/mol. The zero-order valence-corrected chi connectivity index (χ0v) is 15.5. The third-order valence-electron chi connectivity index (χ3n) is 4.03. The molecule has 0 aliphatic carbocycles. The summed E-state index contributed by atoms with van der Waals surface area (Å²) in [6.07, 6.45) is -0.579. The number of halogens is 3. The number of aromatic nitrogens is 2. The van der Waals surface area contributed by atoms with Crippen LogP contribution in [-0.2, 0) is 19.3 Å². The number of hydrogen-bond acceptors (Lipinski definition) is 3. The molecule has 3 rings (SSSR count). The molecule has 0 unspecified atom stereocenters. The van der Waals surface area contributed by atoms with E-state index in [4.69, 9.17) is 4.74 Å². The van der Waals surface area contributed by atoms with Gasteiger partial charge in [0.1, 0.15) is 5.75 Å². The Balaban J connectivity index is 1.53. The summed E-state index contributed by atoms with van der Waals surface area (Å²) in [6, 6.07) is 11.4. The van der Waals surface area contributed by atoms with Crippen LogP contribution in [-0.4, -0.2) is 15.8 Å². The van der Waals surface area contributed by atoms with E-state index in [0.717, 1.165) is 18.6 Å². The molecule has 0 aliphatic rings. The van der Waals surface area contributed by atoms with Gasteiger partial charge >= 0.3 is 12.2 Å². The Bertz CT molecular complexity index is 968. The maximum absolute atomic E-state index is 12.7. The maximum Gasteiger partial charge on any atom is 0.416 e. The fraction of sp³-hybridized carbons (Fsp3) is 0.200. The fourth-order valence-corrected chi connectivity index (χ4v) is 2.53. The van der Waals surface area contributed by atoms with Crippen molar-refractivity contribution in [3.8, 4) is 5.75 Å². The number of benzene rings is 2. The second-order valence-corrected chi connectivity index (χ2v) is 6.20. The molecule has 2 amide bonds. The van der Waals surface area contributed by atoms with Gasteiger partial charge in [0.2, 0.25) is 0 Å². The van der Waals surface area contributed by atoms with Crippen LogP contribution in [0.1, 0.15) is 18.1 Å². The van der Waals surface area contributed by atoms with Crippen molar-refractivity contribution in [3.05, 3.63) is 72.1 Å². The second-order valence-electron chi connectivity index (χ2n) is 6.20. The molecule has 9 heteroatoms. The van der Waals surface area contributed by atoms with E-state index in [1.165, 1.54) is 28.6 Å². The molecular formula is C20H19F3N4O2. The van der Waals surface area contributed by atoms with Crippen LogP contribution in [0.25, 0.3) is 0 Å². The van der Waals surface area contributed by atoms with Crippen molar-refractivity contribution in [2.24, 2.45) is 0 Å². The summed E-state index contributed by atoms with van der Waals surface area (Å²) in [7, 11) is 0. The Morgan fingerprint density at radius 3 is 2.52 bits per heavy atom. The van der Waals surface area contributed by atoms with Crippen molar-refractivity contribution < 1.29 is 22.7 Å². The van der Waals surface area contributed by atoms with Crippen molar-refractivity contribution in [1.29, 1.82) is 0 Å². The molecule has 0 saturated carbocycles. The van der Waals surface area contributed by atoms with E-state index in [9.17, 15) is 18.0 Å². The first kappa shape index (κ1) is 20.2. The van der Waals surface area contributed by atoms with Crippen molar-refractivity contribution in [2.45, 2.75) is 26.3 Å². The minimum absolute atomic E-state index is 0.0311. The lowest BCUT2D eigenvalue weighted by atomic mass is 10.2. The summed E-state index contributed by atoms with van der Waals surface area (Å²) in [5.74, 6) is 0.689. The van der Waals surface area contributed by atoms with Crippen LogP contribution in [0.4, 0.5) is 29.3 Å². The molecule has 2 aromatic carbocycles. The molecule has 0 spiro atoms. The molecule has 2 N–H and O–H groups in total. The van der Waals surface area contributed by atoms with Crippen LogP contribution in [0.3, 0.4) is 0 Å². The lowest BCUT2D eigenvalue weighted by molar-refractivity contribution is -0.137. The van der Waals surface area contributed by atoms with E-state index in [-0.39, 0.29) is 12.4 Å². The number of carbonyl (C=O) groups is 1. The first-order valence-corrected chi connectivity index (χ1v) is 8.83. The highest BCUT2D eigenvalue weighted by molar-refractivity contribution is 5.99. The van der Waals surface area contributed by atoms with Gasteiger partial charge in [-0.05, 0) is 42.3 Å². The molecule has 1 aromatic heterocycles. The zero-order chi connectivity index (χ0) is 20.9. The highest BCUT2D eigenvalue weighted by Crippen LogP contribution is 2.30. The highest BCUT2D eigenvalue weighted by Gasteiger charge is 2.30. The minimum atomic E-state index is -4.48. The number of nitrogens with zero attached hydrogens (tertiary/aromatic N) is 2. The largest absolute Gasteiger partial charge is 0.471 e. The average molecular weight is 404 g/mol. The number of carbonyl (C=O) groups excluding carboxylic acids is 1. The van der Waals surface area contributed by atoms with Gasteiger partial charge in [0.25, 0.3) is 0 Å². The lowest BCUT2D eigenvalue weighted by Gasteiger charge is -2.10. The minimum Gasteiger partial charge on any atom is -0.471 e. The van der Waals surface area contributed by atoms with Crippen LogP contribution < -0.4 is 15.4 Å². The van der Waals surface area contributed by atoms with Crippen molar-refractivity contribution in [1.82, 2.24) is 9.78 Å². The number of nitrogens with one attached hydrogen (secondary N) is 2. The Kier molecular flexibility index (Phi) is 6.06. The summed E-state index contributed by atoms with van der Waals surface area (Å²) < 4.78 is 45.3. The maximum atomic E-state index is 12.7. The van der Waals surface area contributed by atoms with E-state index < -0.39 is 17.8 Å². The normalized spacial score (nSPS) is 11.2. The number of amides is 2. The number of urea groups is 1. The third-order valence-corrected chi connectivity index (χ3v) is 4.03. The van der Waals surface area contributed by atoms with E-state index in [1.54, 1.807) is 6.20 Å². The molecule has 6 nitrogen and oxygen atoms in total. The van der Waals surface area contributed by atoms with Crippen LogP contribution in [0.5, 0.6) is 5.75 Å². The van der Waals surface area contributed by atoms with Gasteiger partial charge in [-0.25, -0.2) is 9.48 Å². The molecule has 1 heterocycles. The first-order chi connectivity index (χ1) is 13.8. The Morgan fingerprint density at radius 1 is 1.10 bits per heavy atom. The van der Waals surface area contributed by atoms with Crippen molar-refractivity contribution in [2.75, 3.05) is 10.6 Å². The van der Waals surface area contributed by atoms with Crippen LogP contribution in [0, 0.1) is 0 Å². The molecule has 0 saturated heterocycles. The molecule has 0 bridgehead atoms. The molecule has 0 fully saturated rings. The third kappa shape index (κ3) is 5.74. The first-order valence-electron chi connectivity index (χ1n) is 8.83. The smallest absolute Gasteiger partial charge is 0.416 e. The number of rotatable bonds is 6.